The molecule has 9 nitrogen and oxygen atoms in total. The molecule has 3 rings (SSSR count). The molecule has 0 fully saturated rings. The summed E-state index contributed by atoms with van der Waals surface area (Å²) in [5.41, 5.74) is 4.16. The number of carbonyl (C=O) groups excluding carboxylic acids is 2. The average Bonchev–Trinajstić information content (AvgIpc) is 2.84. The second-order valence-electron chi connectivity index (χ2n) is 6.60. The first-order chi connectivity index (χ1) is 15.9. The maximum absolute atomic E-state index is 12.1. The number of hydrogen-bond donors (Lipinski definition) is 1. The van der Waals surface area contributed by atoms with Crippen LogP contribution >= 0.6 is 0 Å². The van der Waals surface area contributed by atoms with Crippen molar-refractivity contribution in [3.05, 3.63) is 106 Å². The van der Waals surface area contributed by atoms with Crippen molar-refractivity contribution in [2.24, 2.45) is 5.10 Å². The van der Waals surface area contributed by atoms with Crippen molar-refractivity contribution < 1.29 is 24.0 Å². The minimum absolute atomic E-state index is 0.0290. The Morgan fingerprint density at radius 2 is 1.52 bits per heavy atom. The molecule has 0 aliphatic carbocycles. The van der Waals surface area contributed by atoms with Gasteiger partial charge in [0.15, 0.2) is 0 Å². The first-order valence-corrected chi connectivity index (χ1v) is 9.66. The van der Waals surface area contributed by atoms with Gasteiger partial charge < -0.3 is 9.47 Å². The van der Waals surface area contributed by atoms with Gasteiger partial charge in [0.05, 0.1) is 18.2 Å². The molecule has 0 saturated heterocycles. The summed E-state index contributed by atoms with van der Waals surface area (Å²) in [5.74, 6) is 0.0197. The Labute approximate surface area is 189 Å². The summed E-state index contributed by atoms with van der Waals surface area (Å²) in [4.78, 5) is 34.2. The van der Waals surface area contributed by atoms with Gasteiger partial charge in [-0.3, -0.25) is 14.9 Å². The van der Waals surface area contributed by atoms with Gasteiger partial charge in [0.25, 0.3) is 11.6 Å². The SMILES string of the molecule is COc1ccc(C(=O)N/N=C/c2ccc(OC(=O)/C=C/c3ccc([N+](=O)[O-])cc3)cc2)cc1. The van der Waals surface area contributed by atoms with E-state index in [9.17, 15) is 19.7 Å². The van der Waals surface area contributed by atoms with Crippen molar-refractivity contribution in [2.75, 3.05) is 7.11 Å². The molecule has 3 aromatic rings. The lowest BCUT2D eigenvalue weighted by Gasteiger charge is -2.03. The van der Waals surface area contributed by atoms with Crippen LogP contribution in [0.4, 0.5) is 5.69 Å². The molecule has 0 aliphatic rings. The van der Waals surface area contributed by atoms with Gasteiger partial charge in [-0.15, -0.1) is 0 Å². The highest BCUT2D eigenvalue weighted by Gasteiger charge is 2.05. The number of carbonyl (C=O) groups is 2. The Balaban J connectivity index is 1.50. The Morgan fingerprint density at radius 1 is 0.909 bits per heavy atom. The summed E-state index contributed by atoms with van der Waals surface area (Å²) >= 11 is 0. The summed E-state index contributed by atoms with van der Waals surface area (Å²) in [6, 6.07) is 18.9. The number of hydrogen-bond acceptors (Lipinski definition) is 7. The van der Waals surface area contributed by atoms with Crippen LogP contribution in [0.3, 0.4) is 0 Å². The number of methoxy groups -OCH3 is 1. The normalized spacial score (nSPS) is 10.8. The molecule has 0 unspecified atom stereocenters. The zero-order valence-corrected chi connectivity index (χ0v) is 17.5. The molecular formula is C24H19N3O6. The van der Waals surface area contributed by atoms with Crippen LogP contribution in [0.5, 0.6) is 11.5 Å². The van der Waals surface area contributed by atoms with E-state index in [-0.39, 0.29) is 11.6 Å². The van der Waals surface area contributed by atoms with Crippen molar-refractivity contribution in [3.63, 3.8) is 0 Å². The van der Waals surface area contributed by atoms with E-state index in [2.05, 4.69) is 10.5 Å². The third kappa shape index (κ3) is 6.86. The first kappa shape index (κ1) is 22.9. The van der Waals surface area contributed by atoms with E-state index in [1.807, 2.05) is 0 Å². The van der Waals surface area contributed by atoms with Crippen molar-refractivity contribution in [1.29, 1.82) is 0 Å². The third-order valence-corrected chi connectivity index (χ3v) is 4.35. The van der Waals surface area contributed by atoms with E-state index in [0.717, 1.165) is 0 Å². The predicted molar refractivity (Wildman–Crippen MR) is 122 cm³/mol. The second kappa shape index (κ2) is 11.0. The molecule has 166 valence electrons. The number of nitro benzene ring substituents is 1. The lowest BCUT2D eigenvalue weighted by atomic mass is 10.2. The van der Waals surface area contributed by atoms with Gasteiger partial charge in [-0.1, -0.05) is 0 Å². The molecule has 0 atom stereocenters. The number of nitro groups is 1. The largest absolute Gasteiger partial charge is 0.497 e. The van der Waals surface area contributed by atoms with E-state index in [0.29, 0.717) is 28.2 Å². The maximum atomic E-state index is 12.1. The van der Waals surface area contributed by atoms with Crippen LogP contribution in [0.15, 0.2) is 84.0 Å². The number of benzene rings is 3. The Kier molecular flexibility index (Phi) is 7.63. The van der Waals surface area contributed by atoms with Crippen LogP contribution in [-0.2, 0) is 4.79 Å². The maximum Gasteiger partial charge on any atom is 0.336 e. The fourth-order valence-electron chi connectivity index (χ4n) is 2.62. The van der Waals surface area contributed by atoms with Crippen LogP contribution in [-0.4, -0.2) is 30.1 Å². The standard InChI is InChI=1S/C24H19N3O6/c1-32-21-13-7-19(8-14-21)24(29)26-25-16-18-4-11-22(12-5-18)33-23(28)15-6-17-2-9-20(10-3-17)27(30)31/h2-16H,1H3,(H,26,29)/b15-6+,25-16+. The highest BCUT2D eigenvalue weighted by Crippen LogP contribution is 2.15. The molecule has 0 aliphatic heterocycles. The van der Waals surface area contributed by atoms with Crippen LogP contribution in [0.25, 0.3) is 6.08 Å². The van der Waals surface area contributed by atoms with Gasteiger partial charge in [0, 0.05) is 23.8 Å². The topological polar surface area (TPSA) is 120 Å². The number of amides is 1. The molecule has 0 spiro atoms. The summed E-state index contributed by atoms with van der Waals surface area (Å²) in [6.45, 7) is 0. The van der Waals surface area contributed by atoms with Gasteiger partial charge in [-0.05, 0) is 77.9 Å². The minimum Gasteiger partial charge on any atom is -0.497 e. The molecule has 9 heteroatoms. The summed E-state index contributed by atoms with van der Waals surface area (Å²) in [6.07, 6.45) is 4.19. The minimum atomic E-state index is -0.596. The third-order valence-electron chi connectivity index (χ3n) is 4.35. The summed E-state index contributed by atoms with van der Waals surface area (Å²) in [5, 5.41) is 14.6. The number of non-ortho nitro benzene ring substituents is 1. The van der Waals surface area contributed by atoms with Gasteiger partial charge in [-0.25, -0.2) is 10.2 Å². The molecule has 3 aromatic carbocycles. The predicted octanol–water partition coefficient (Wildman–Crippen LogP) is 3.99. The lowest BCUT2D eigenvalue weighted by Crippen LogP contribution is -2.17. The first-order valence-electron chi connectivity index (χ1n) is 9.66. The second-order valence-corrected chi connectivity index (χ2v) is 6.60. The molecule has 0 radical (unpaired) electrons. The lowest BCUT2D eigenvalue weighted by molar-refractivity contribution is -0.384. The fraction of sp³-hybridized carbons (Fsp3) is 0.0417. The zero-order valence-electron chi connectivity index (χ0n) is 17.5. The average molecular weight is 445 g/mol. The number of nitrogens with zero attached hydrogens (tertiary/aromatic N) is 2. The highest BCUT2D eigenvalue weighted by molar-refractivity contribution is 5.95. The van der Waals surface area contributed by atoms with Crippen LogP contribution in [0, 0.1) is 10.1 Å². The van der Waals surface area contributed by atoms with E-state index in [1.165, 1.54) is 42.6 Å². The quantitative estimate of drug-likeness (QED) is 0.140. The zero-order chi connectivity index (χ0) is 23.6. The molecule has 1 amide bonds. The molecule has 0 saturated carbocycles. The van der Waals surface area contributed by atoms with Crippen LogP contribution < -0.4 is 14.9 Å². The molecule has 0 heterocycles. The molecule has 0 bridgehead atoms. The van der Waals surface area contributed by atoms with Crippen molar-refractivity contribution >= 4 is 29.9 Å². The Bertz CT molecular complexity index is 1180. The van der Waals surface area contributed by atoms with Gasteiger partial charge >= 0.3 is 5.97 Å². The van der Waals surface area contributed by atoms with E-state index < -0.39 is 10.9 Å². The van der Waals surface area contributed by atoms with E-state index >= 15 is 0 Å². The number of ether oxygens (including phenoxy) is 2. The van der Waals surface area contributed by atoms with Crippen LogP contribution in [0.2, 0.25) is 0 Å². The van der Waals surface area contributed by atoms with Crippen LogP contribution in [0.1, 0.15) is 21.5 Å². The number of nitrogens with one attached hydrogen (secondary N) is 1. The number of esters is 1. The molecule has 33 heavy (non-hydrogen) atoms. The fourth-order valence-corrected chi connectivity index (χ4v) is 2.62. The Hall–Kier alpha value is -4.79. The van der Waals surface area contributed by atoms with Crippen molar-refractivity contribution in [2.45, 2.75) is 0 Å². The summed E-state index contributed by atoms with van der Waals surface area (Å²) in [7, 11) is 1.55. The van der Waals surface area contributed by atoms with Crippen molar-refractivity contribution in [3.8, 4) is 11.5 Å². The molecule has 0 aromatic heterocycles. The molecule has 1 N–H and O–H groups in total. The Morgan fingerprint density at radius 3 is 2.12 bits per heavy atom. The molecular weight excluding hydrogens is 426 g/mol. The summed E-state index contributed by atoms with van der Waals surface area (Å²) < 4.78 is 10.3. The van der Waals surface area contributed by atoms with Gasteiger partial charge in [-0.2, -0.15) is 5.10 Å². The number of hydrazone groups is 1. The smallest absolute Gasteiger partial charge is 0.336 e. The van der Waals surface area contributed by atoms with E-state index in [1.54, 1.807) is 55.6 Å². The van der Waals surface area contributed by atoms with E-state index in [4.69, 9.17) is 9.47 Å². The monoisotopic (exact) mass is 445 g/mol. The van der Waals surface area contributed by atoms with Gasteiger partial charge in [0.2, 0.25) is 0 Å². The highest BCUT2D eigenvalue weighted by atomic mass is 16.6. The van der Waals surface area contributed by atoms with Crippen molar-refractivity contribution in [1.82, 2.24) is 5.43 Å². The van der Waals surface area contributed by atoms with Gasteiger partial charge in [0.1, 0.15) is 11.5 Å². The number of rotatable bonds is 8.